The molecule has 2 aliphatic rings. The Hall–Kier alpha value is -1.79. The first kappa shape index (κ1) is 16.7. The van der Waals surface area contributed by atoms with E-state index in [1.807, 2.05) is 29.2 Å². The molecule has 0 bridgehead atoms. The summed E-state index contributed by atoms with van der Waals surface area (Å²) in [6.45, 7) is 3.32. The van der Waals surface area contributed by atoms with Crippen LogP contribution in [0, 0.1) is 0 Å². The number of thiophene rings is 1. The van der Waals surface area contributed by atoms with Gasteiger partial charge in [-0.3, -0.25) is 9.59 Å². The summed E-state index contributed by atoms with van der Waals surface area (Å²) in [4.78, 5) is 31.4. The van der Waals surface area contributed by atoms with Crippen LogP contribution in [0.5, 0.6) is 0 Å². The molecule has 0 saturated heterocycles. The molecule has 130 valence electrons. The number of para-hydroxylation sites is 1. The van der Waals surface area contributed by atoms with Gasteiger partial charge in [-0.1, -0.05) is 12.1 Å². The minimum atomic E-state index is 0.0864. The zero-order chi connectivity index (χ0) is 17.4. The fraction of sp³-hybridized carbons (Fsp3) is 0.368. The summed E-state index contributed by atoms with van der Waals surface area (Å²) in [6, 6.07) is 10.2. The molecule has 1 atom stereocenters. The fourth-order valence-corrected chi connectivity index (χ4v) is 5.50. The van der Waals surface area contributed by atoms with Crippen LogP contribution in [0.25, 0.3) is 0 Å². The van der Waals surface area contributed by atoms with Gasteiger partial charge in [0.25, 0.3) is 0 Å². The van der Waals surface area contributed by atoms with E-state index in [9.17, 15) is 9.59 Å². The summed E-state index contributed by atoms with van der Waals surface area (Å²) >= 11 is 3.35. The number of hydrogen-bond acceptors (Lipinski definition) is 4. The lowest BCUT2D eigenvalue weighted by Gasteiger charge is -2.35. The van der Waals surface area contributed by atoms with Crippen LogP contribution in [-0.2, 0) is 16.0 Å². The van der Waals surface area contributed by atoms with Gasteiger partial charge in [0, 0.05) is 29.3 Å². The van der Waals surface area contributed by atoms with Gasteiger partial charge >= 0.3 is 0 Å². The molecule has 0 spiro atoms. The average molecular weight is 373 g/mol. The van der Waals surface area contributed by atoms with Crippen LogP contribution in [0.2, 0.25) is 0 Å². The minimum absolute atomic E-state index is 0.0864. The Balaban J connectivity index is 1.45. The number of amides is 2. The largest absolute Gasteiger partial charge is 0.335 e. The number of thioether (sulfide) groups is 1. The molecule has 1 aromatic carbocycles. The maximum atomic E-state index is 12.8. The van der Waals surface area contributed by atoms with E-state index in [1.165, 1.54) is 10.4 Å². The molecule has 6 heteroatoms. The van der Waals surface area contributed by atoms with E-state index in [4.69, 9.17) is 0 Å². The molecule has 2 amide bonds. The Kier molecular flexibility index (Phi) is 4.56. The summed E-state index contributed by atoms with van der Waals surface area (Å²) < 4.78 is 0. The Morgan fingerprint density at radius 3 is 3.00 bits per heavy atom. The average Bonchev–Trinajstić information content (AvgIpc) is 3.10. The first-order chi connectivity index (χ1) is 12.1. The minimum Gasteiger partial charge on any atom is -0.335 e. The fourth-order valence-electron chi connectivity index (χ4n) is 3.60. The van der Waals surface area contributed by atoms with Crippen LogP contribution in [0.3, 0.4) is 0 Å². The lowest BCUT2D eigenvalue weighted by molar-refractivity contribution is -0.133. The third-order valence-corrected chi connectivity index (χ3v) is 7.00. The van der Waals surface area contributed by atoms with Crippen molar-refractivity contribution < 1.29 is 9.59 Å². The molecule has 0 unspecified atom stereocenters. The van der Waals surface area contributed by atoms with Crippen molar-refractivity contribution in [2.45, 2.75) is 30.7 Å². The van der Waals surface area contributed by atoms with Crippen molar-refractivity contribution in [1.82, 2.24) is 4.90 Å². The SMILES string of the molecule is C[C@H]1c2ccsc2CCN1C(=O)CCN1C(=O)CSc2ccccc21. The molecule has 0 N–H and O–H groups in total. The van der Waals surface area contributed by atoms with E-state index >= 15 is 0 Å². The predicted octanol–water partition coefficient (Wildman–Crippen LogP) is 3.72. The second kappa shape index (κ2) is 6.84. The van der Waals surface area contributed by atoms with Crippen molar-refractivity contribution in [2.75, 3.05) is 23.7 Å². The molecule has 0 aliphatic carbocycles. The molecule has 3 heterocycles. The van der Waals surface area contributed by atoms with E-state index in [-0.39, 0.29) is 17.9 Å². The van der Waals surface area contributed by atoms with Gasteiger partial charge in [0.2, 0.25) is 11.8 Å². The van der Waals surface area contributed by atoms with Crippen LogP contribution in [0.1, 0.15) is 29.8 Å². The van der Waals surface area contributed by atoms with Crippen LogP contribution < -0.4 is 4.90 Å². The summed E-state index contributed by atoms with van der Waals surface area (Å²) in [5.41, 5.74) is 2.21. The summed E-state index contributed by atoms with van der Waals surface area (Å²) in [5.74, 6) is 0.667. The van der Waals surface area contributed by atoms with Crippen molar-refractivity contribution >= 4 is 40.6 Å². The van der Waals surface area contributed by atoms with E-state index < -0.39 is 0 Å². The van der Waals surface area contributed by atoms with Crippen molar-refractivity contribution in [2.24, 2.45) is 0 Å². The third-order valence-electron chi connectivity index (χ3n) is 4.96. The molecule has 0 saturated carbocycles. The zero-order valence-corrected chi connectivity index (χ0v) is 15.7. The lowest BCUT2D eigenvalue weighted by Crippen LogP contribution is -2.42. The highest BCUT2D eigenvalue weighted by Gasteiger charge is 2.30. The van der Waals surface area contributed by atoms with Crippen LogP contribution in [0.4, 0.5) is 5.69 Å². The number of rotatable bonds is 3. The van der Waals surface area contributed by atoms with Crippen molar-refractivity contribution in [3.63, 3.8) is 0 Å². The maximum Gasteiger partial charge on any atom is 0.237 e. The smallest absolute Gasteiger partial charge is 0.237 e. The molecule has 2 aromatic rings. The van der Waals surface area contributed by atoms with Crippen LogP contribution in [-0.4, -0.2) is 35.6 Å². The molecule has 0 radical (unpaired) electrons. The molecule has 25 heavy (non-hydrogen) atoms. The molecule has 4 nitrogen and oxygen atoms in total. The summed E-state index contributed by atoms with van der Waals surface area (Å²) in [6.07, 6.45) is 1.31. The Morgan fingerprint density at radius 1 is 1.28 bits per heavy atom. The second-order valence-electron chi connectivity index (χ2n) is 6.36. The molecule has 2 aliphatic heterocycles. The first-order valence-corrected chi connectivity index (χ1v) is 10.4. The van der Waals surface area contributed by atoms with Gasteiger partial charge in [-0.05, 0) is 42.5 Å². The monoisotopic (exact) mass is 372 g/mol. The second-order valence-corrected chi connectivity index (χ2v) is 8.38. The molecular weight excluding hydrogens is 352 g/mol. The van der Waals surface area contributed by atoms with Gasteiger partial charge in [0.15, 0.2) is 0 Å². The molecule has 1 aromatic heterocycles. The van der Waals surface area contributed by atoms with E-state index in [0.29, 0.717) is 18.7 Å². The Morgan fingerprint density at radius 2 is 2.12 bits per heavy atom. The maximum absolute atomic E-state index is 12.8. The quantitative estimate of drug-likeness (QED) is 0.824. The van der Waals surface area contributed by atoms with Gasteiger partial charge in [-0.2, -0.15) is 0 Å². The number of anilines is 1. The Bertz CT molecular complexity index is 817. The Labute approximate surface area is 155 Å². The van der Waals surface area contributed by atoms with E-state index in [2.05, 4.69) is 18.4 Å². The molecule has 0 fully saturated rings. The van der Waals surface area contributed by atoms with Gasteiger partial charge in [0.05, 0.1) is 17.5 Å². The molecule has 4 rings (SSSR count). The van der Waals surface area contributed by atoms with E-state index in [1.54, 1.807) is 28.0 Å². The lowest BCUT2D eigenvalue weighted by atomic mass is 10.0. The van der Waals surface area contributed by atoms with Crippen molar-refractivity contribution in [3.8, 4) is 0 Å². The summed E-state index contributed by atoms with van der Waals surface area (Å²) in [5, 5.41) is 2.11. The number of fused-ring (bicyclic) bond motifs is 2. The van der Waals surface area contributed by atoms with Gasteiger partial charge in [-0.15, -0.1) is 23.1 Å². The van der Waals surface area contributed by atoms with Crippen molar-refractivity contribution in [1.29, 1.82) is 0 Å². The zero-order valence-electron chi connectivity index (χ0n) is 14.1. The first-order valence-electron chi connectivity index (χ1n) is 8.53. The van der Waals surface area contributed by atoms with Crippen LogP contribution >= 0.6 is 23.1 Å². The van der Waals surface area contributed by atoms with Gasteiger partial charge in [0.1, 0.15) is 0 Å². The van der Waals surface area contributed by atoms with E-state index in [0.717, 1.165) is 23.5 Å². The highest BCUT2D eigenvalue weighted by atomic mass is 32.2. The van der Waals surface area contributed by atoms with Crippen LogP contribution in [0.15, 0.2) is 40.6 Å². The number of nitrogens with zero attached hydrogens (tertiary/aromatic N) is 2. The topological polar surface area (TPSA) is 40.6 Å². The van der Waals surface area contributed by atoms with Gasteiger partial charge < -0.3 is 9.80 Å². The standard InChI is InChI=1S/C19H20N2O2S2/c1-13-14-8-11-24-16(14)6-9-20(13)18(22)7-10-21-15-4-2-3-5-17(15)25-12-19(21)23/h2-5,8,11,13H,6-7,9-10,12H2,1H3/t13-/m0/s1. The van der Waals surface area contributed by atoms with Gasteiger partial charge in [-0.25, -0.2) is 0 Å². The third kappa shape index (κ3) is 3.09. The predicted molar refractivity (Wildman–Crippen MR) is 102 cm³/mol. The van der Waals surface area contributed by atoms with Crippen molar-refractivity contribution in [3.05, 3.63) is 46.2 Å². The number of benzene rings is 1. The normalized spacial score (nSPS) is 19.6. The number of carbonyl (C=O) groups is 2. The highest BCUT2D eigenvalue weighted by molar-refractivity contribution is 8.00. The molecular formula is C19H20N2O2S2. The number of hydrogen-bond donors (Lipinski definition) is 0. The highest BCUT2D eigenvalue weighted by Crippen LogP contribution is 2.36. The number of carbonyl (C=O) groups excluding carboxylic acids is 2. The summed E-state index contributed by atoms with van der Waals surface area (Å²) in [7, 11) is 0.